The van der Waals surface area contributed by atoms with Gasteiger partial charge in [-0.3, -0.25) is 9.36 Å². The summed E-state index contributed by atoms with van der Waals surface area (Å²) in [5.41, 5.74) is 1.67. The fourth-order valence-corrected chi connectivity index (χ4v) is 4.99. The fraction of sp³-hybridized carbons (Fsp3) is 0.385. The van der Waals surface area contributed by atoms with Gasteiger partial charge in [-0.2, -0.15) is 0 Å². The van der Waals surface area contributed by atoms with Gasteiger partial charge in [0.1, 0.15) is 17.4 Å². The number of nitrogens with zero attached hydrogens (tertiary/aromatic N) is 3. The average molecular weight is 529 g/mol. The molecule has 2 heterocycles. The number of anilines is 1. The zero-order chi connectivity index (χ0) is 26.3. The molecule has 0 saturated carbocycles. The molecule has 36 heavy (non-hydrogen) atoms. The highest BCUT2D eigenvalue weighted by molar-refractivity contribution is 7.99. The lowest BCUT2D eigenvalue weighted by atomic mass is 9.87. The lowest BCUT2D eigenvalue weighted by Gasteiger charge is -2.19. The molecule has 0 saturated heterocycles. The Balaban J connectivity index is 1.62. The number of carbonyl (C=O) groups excluding carboxylic acids is 2. The molecule has 0 aliphatic rings. The molecule has 10 heteroatoms. The van der Waals surface area contributed by atoms with E-state index in [2.05, 4.69) is 55.0 Å². The quantitative estimate of drug-likeness (QED) is 0.196. The Morgan fingerprint density at radius 2 is 1.94 bits per heavy atom. The van der Waals surface area contributed by atoms with Crippen LogP contribution < -0.4 is 10.1 Å². The summed E-state index contributed by atoms with van der Waals surface area (Å²) < 4.78 is 12.9. The van der Waals surface area contributed by atoms with Crippen molar-refractivity contribution in [1.29, 1.82) is 0 Å². The number of nitrogens with one attached hydrogen (secondary N) is 1. The first-order valence-corrected chi connectivity index (χ1v) is 13.4. The molecule has 0 atom stereocenters. The van der Waals surface area contributed by atoms with Crippen molar-refractivity contribution in [2.24, 2.45) is 0 Å². The van der Waals surface area contributed by atoms with E-state index in [1.165, 1.54) is 28.7 Å². The number of hydrogen-bond acceptors (Lipinski definition) is 8. The van der Waals surface area contributed by atoms with Gasteiger partial charge in [0.05, 0.1) is 17.9 Å². The number of rotatable bonds is 11. The molecule has 3 rings (SSSR count). The van der Waals surface area contributed by atoms with E-state index in [0.717, 1.165) is 10.6 Å². The van der Waals surface area contributed by atoms with Gasteiger partial charge in [0.25, 0.3) is 0 Å². The summed E-state index contributed by atoms with van der Waals surface area (Å²) >= 11 is 2.59. The van der Waals surface area contributed by atoms with Crippen molar-refractivity contribution >= 4 is 40.0 Å². The molecule has 3 aromatic rings. The zero-order valence-corrected chi connectivity index (χ0v) is 22.9. The Hall–Kier alpha value is -3.11. The predicted molar refractivity (Wildman–Crippen MR) is 144 cm³/mol. The molecule has 2 aromatic heterocycles. The van der Waals surface area contributed by atoms with E-state index >= 15 is 0 Å². The molecule has 1 aromatic carbocycles. The van der Waals surface area contributed by atoms with Crippen molar-refractivity contribution in [1.82, 2.24) is 14.8 Å². The van der Waals surface area contributed by atoms with Gasteiger partial charge in [0, 0.05) is 11.4 Å². The van der Waals surface area contributed by atoms with Crippen LogP contribution in [0.1, 0.15) is 54.3 Å². The van der Waals surface area contributed by atoms with Gasteiger partial charge in [-0.1, -0.05) is 50.7 Å². The number of carbonyl (C=O) groups is 2. The summed E-state index contributed by atoms with van der Waals surface area (Å²) in [6, 6.07) is 9.74. The van der Waals surface area contributed by atoms with E-state index in [9.17, 15) is 9.59 Å². The summed E-state index contributed by atoms with van der Waals surface area (Å²) in [7, 11) is 0. The van der Waals surface area contributed by atoms with Crippen molar-refractivity contribution in [3.8, 4) is 5.75 Å². The largest absolute Gasteiger partial charge is 0.486 e. The van der Waals surface area contributed by atoms with Crippen LogP contribution >= 0.6 is 23.1 Å². The second-order valence-corrected chi connectivity index (χ2v) is 11.2. The first kappa shape index (κ1) is 27.5. The highest BCUT2D eigenvalue weighted by Crippen LogP contribution is 2.29. The van der Waals surface area contributed by atoms with Crippen LogP contribution in [0.25, 0.3) is 0 Å². The van der Waals surface area contributed by atoms with Crippen molar-refractivity contribution in [3.63, 3.8) is 0 Å². The number of hydrogen-bond donors (Lipinski definition) is 1. The van der Waals surface area contributed by atoms with E-state index in [1.54, 1.807) is 19.1 Å². The first-order chi connectivity index (χ1) is 17.1. The second-order valence-electron chi connectivity index (χ2n) is 9.02. The number of aryl methyl sites for hydroxylation is 1. The summed E-state index contributed by atoms with van der Waals surface area (Å²) in [6.45, 7) is 14.9. The highest BCUT2D eigenvalue weighted by atomic mass is 32.2. The number of allylic oxidation sites excluding steroid dienone is 1. The van der Waals surface area contributed by atoms with Crippen LogP contribution in [-0.4, -0.2) is 39.0 Å². The minimum absolute atomic E-state index is 0.0732. The Kier molecular flexibility index (Phi) is 9.33. The Morgan fingerprint density at radius 1 is 1.22 bits per heavy atom. The number of aromatic nitrogens is 3. The third kappa shape index (κ3) is 7.20. The zero-order valence-electron chi connectivity index (χ0n) is 21.3. The van der Waals surface area contributed by atoms with Crippen molar-refractivity contribution in [2.45, 2.75) is 58.3 Å². The van der Waals surface area contributed by atoms with Crippen LogP contribution in [-0.2, 0) is 28.1 Å². The molecule has 8 nitrogen and oxygen atoms in total. The molecule has 0 aliphatic carbocycles. The molecule has 0 bridgehead atoms. The van der Waals surface area contributed by atoms with Crippen LogP contribution in [0.5, 0.6) is 5.75 Å². The smallest absolute Gasteiger partial charge is 0.341 e. The molecule has 0 radical (unpaired) electrons. The number of benzene rings is 1. The van der Waals surface area contributed by atoms with Crippen LogP contribution in [0, 0.1) is 6.92 Å². The average Bonchev–Trinajstić information content (AvgIpc) is 3.39. The van der Waals surface area contributed by atoms with E-state index in [0.29, 0.717) is 28.1 Å². The summed E-state index contributed by atoms with van der Waals surface area (Å²) in [4.78, 5) is 25.7. The maximum atomic E-state index is 12.6. The van der Waals surface area contributed by atoms with Gasteiger partial charge in [0.2, 0.25) is 5.91 Å². The highest BCUT2D eigenvalue weighted by Gasteiger charge is 2.19. The molecule has 1 amide bonds. The van der Waals surface area contributed by atoms with E-state index in [4.69, 9.17) is 9.47 Å². The number of thioether (sulfide) groups is 1. The SMILES string of the molecule is C=CCn1c(COc2ccc(C(C)(C)C)cc2)nnc1SCC(=O)Nc1sc(C)cc1C(=O)OCC. The normalized spacial score (nSPS) is 11.2. The van der Waals surface area contributed by atoms with Gasteiger partial charge in [-0.05, 0) is 43.0 Å². The van der Waals surface area contributed by atoms with E-state index in [-0.39, 0.29) is 30.3 Å². The molecule has 0 unspecified atom stereocenters. The van der Waals surface area contributed by atoms with Gasteiger partial charge < -0.3 is 14.8 Å². The third-order valence-electron chi connectivity index (χ3n) is 5.13. The predicted octanol–water partition coefficient (Wildman–Crippen LogP) is 5.62. The van der Waals surface area contributed by atoms with E-state index < -0.39 is 5.97 Å². The van der Waals surface area contributed by atoms with Gasteiger partial charge in [-0.15, -0.1) is 28.1 Å². The van der Waals surface area contributed by atoms with Crippen LogP contribution in [0.4, 0.5) is 5.00 Å². The minimum Gasteiger partial charge on any atom is -0.486 e. The summed E-state index contributed by atoms with van der Waals surface area (Å²) in [6.07, 6.45) is 1.75. The van der Waals surface area contributed by atoms with Crippen molar-refractivity contribution in [2.75, 3.05) is 17.7 Å². The van der Waals surface area contributed by atoms with Gasteiger partial charge in [-0.25, -0.2) is 4.79 Å². The lowest BCUT2D eigenvalue weighted by molar-refractivity contribution is -0.113. The number of esters is 1. The number of amides is 1. The van der Waals surface area contributed by atoms with Crippen LogP contribution in [0.2, 0.25) is 0 Å². The summed E-state index contributed by atoms with van der Waals surface area (Å²) in [5, 5.41) is 12.4. The molecule has 0 aliphatic heterocycles. The molecular formula is C26H32N4O4S2. The molecule has 0 fully saturated rings. The third-order valence-corrected chi connectivity index (χ3v) is 7.06. The van der Waals surface area contributed by atoms with Gasteiger partial charge in [0.15, 0.2) is 11.0 Å². The maximum Gasteiger partial charge on any atom is 0.341 e. The standard InChI is InChI=1S/C26H32N4O4S2/c1-7-13-30-21(15-34-19-11-9-18(10-12-19)26(4,5)6)28-29-25(30)35-16-22(31)27-23-20(14-17(3)36-23)24(32)33-8-2/h7,9-12,14H,1,8,13,15-16H2,2-6H3,(H,27,31). The van der Waals surface area contributed by atoms with E-state index in [1.807, 2.05) is 23.6 Å². The fourth-order valence-electron chi connectivity index (χ4n) is 3.30. The van der Waals surface area contributed by atoms with Crippen molar-refractivity contribution < 1.29 is 19.1 Å². The number of thiophene rings is 1. The number of ether oxygens (including phenoxy) is 2. The Bertz CT molecular complexity index is 1210. The Morgan fingerprint density at radius 3 is 2.58 bits per heavy atom. The second kappa shape index (κ2) is 12.2. The summed E-state index contributed by atoms with van der Waals surface area (Å²) in [5.74, 6) is 0.777. The first-order valence-electron chi connectivity index (χ1n) is 11.6. The molecule has 1 N–H and O–H groups in total. The Labute approximate surface area is 220 Å². The van der Waals surface area contributed by atoms with Crippen molar-refractivity contribution in [3.05, 3.63) is 64.8 Å². The topological polar surface area (TPSA) is 95.3 Å². The maximum absolute atomic E-state index is 12.6. The monoisotopic (exact) mass is 528 g/mol. The molecule has 192 valence electrons. The van der Waals surface area contributed by atoms with Crippen LogP contribution in [0.15, 0.2) is 48.1 Å². The molecule has 0 spiro atoms. The minimum atomic E-state index is -0.451. The molecular weight excluding hydrogens is 496 g/mol. The van der Waals surface area contributed by atoms with Crippen LogP contribution in [0.3, 0.4) is 0 Å². The lowest BCUT2D eigenvalue weighted by Crippen LogP contribution is -2.16. The van der Waals surface area contributed by atoms with Gasteiger partial charge >= 0.3 is 5.97 Å².